The summed E-state index contributed by atoms with van der Waals surface area (Å²) in [5.74, 6) is 0.240. The molecule has 0 unspecified atom stereocenters. The van der Waals surface area contributed by atoms with Crippen molar-refractivity contribution in [1.82, 2.24) is 4.98 Å². The minimum absolute atomic E-state index is 0.0190. The van der Waals surface area contributed by atoms with Crippen LogP contribution in [0.25, 0.3) is 10.2 Å². The molecular weight excluding hydrogens is 458 g/mol. The molecule has 0 bridgehead atoms. The van der Waals surface area contributed by atoms with Crippen molar-refractivity contribution in [1.29, 1.82) is 0 Å². The molecule has 178 valence electrons. The largest absolute Gasteiger partial charge is 0.392 e. The van der Waals surface area contributed by atoms with Crippen LogP contribution in [0, 0.1) is 11.8 Å². The van der Waals surface area contributed by atoms with Crippen LogP contribution >= 0.6 is 11.3 Å². The zero-order valence-corrected chi connectivity index (χ0v) is 22.8. The first-order valence-corrected chi connectivity index (χ1v) is 16.7. The molecule has 0 radical (unpaired) electrons. The molecule has 0 spiro atoms. The third-order valence-corrected chi connectivity index (χ3v) is 14.7. The number of sulfone groups is 1. The summed E-state index contributed by atoms with van der Waals surface area (Å²) in [7, 11) is -5.51. The number of allylic oxidation sites excluding steroid dienone is 1. The molecule has 1 aromatic heterocycles. The van der Waals surface area contributed by atoms with Crippen LogP contribution in [0.15, 0.2) is 41.3 Å². The van der Waals surface area contributed by atoms with Gasteiger partial charge in [-0.1, -0.05) is 45.9 Å². The van der Waals surface area contributed by atoms with Crippen molar-refractivity contribution in [3.8, 4) is 0 Å². The summed E-state index contributed by atoms with van der Waals surface area (Å²) in [6.07, 6.45) is 4.00. The van der Waals surface area contributed by atoms with Gasteiger partial charge in [0.15, 0.2) is 8.32 Å². The minimum Gasteiger partial charge on any atom is -0.392 e. The number of aromatic nitrogens is 1. The smallest absolute Gasteiger partial charge is 0.210 e. The highest BCUT2D eigenvalue weighted by molar-refractivity contribution is 7.93. The second kappa shape index (κ2) is 9.66. The van der Waals surface area contributed by atoms with Crippen molar-refractivity contribution in [3.63, 3.8) is 0 Å². The standard InChI is InChI=1S/C24H37NO4S2Si/c1-8-11-18-14-20(28-22(15-18)29-32(6,7)24(3,4)5)17(2)16-31(26,27)23-25-19-12-9-10-13-21(19)30-23/h8-10,12-13,17-18,20,22H,1,11,14-16H2,2-7H3/t17-,18-,20-,22-/m1/s1. The number of hydrogen-bond donors (Lipinski definition) is 0. The third kappa shape index (κ3) is 5.89. The molecule has 1 fully saturated rings. The summed E-state index contributed by atoms with van der Waals surface area (Å²) in [6, 6.07) is 7.53. The molecule has 0 saturated carbocycles. The van der Waals surface area contributed by atoms with E-state index in [1.54, 1.807) is 0 Å². The van der Waals surface area contributed by atoms with E-state index in [9.17, 15) is 8.42 Å². The number of thiazole rings is 1. The maximum atomic E-state index is 13.2. The summed E-state index contributed by atoms with van der Waals surface area (Å²) in [5.41, 5.74) is 0.728. The predicted octanol–water partition coefficient (Wildman–Crippen LogP) is 6.43. The van der Waals surface area contributed by atoms with E-state index < -0.39 is 18.2 Å². The normalized spacial score (nSPS) is 23.9. The van der Waals surface area contributed by atoms with Gasteiger partial charge >= 0.3 is 0 Å². The Kier molecular flexibility index (Phi) is 7.72. The van der Waals surface area contributed by atoms with Crippen LogP contribution < -0.4 is 0 Å². The van der Waals surface area contributed by atoms with Crippen molar-refractivity contribution in [2.45, 2.75) is 81.8 Å². The van der Waals surface area contributed by atoms with Crippen molar-refractivity contribution in [2.24, 2.45) is 11.8 Å². The Balaban J connectivity index is 1.75. The fourth-order valence-corrected chi connectivity index (χ4v) is 8.02. The summed E-state index contributed by atoms with van der Waals surface area (Å²) >= 11 is 1.24. The van der Waals surface area contributed by atoms with Crippen molar-refractivity contribution >= 4 is 39.7 Å². The third-order valence-electron chi connectivity index (χ3n) is 6.81. The maximum Gasteiger partial charge on any atom is 0.210 e. The van der Waals surface area contributed by atoms with Gasteiger partial charge in [-0.3, -0.25) is 0 Å². The van der Waals surface area contributed by atoms with E-state index in [0.717, 1.165) is 29.5 Å². The highest BCUT2D eigenvalue weighted by Gasteiger charge is 2.42. The lowest BCUT2D eigenvalue weighted by Crippen LogP contribution is -2.48. The Morgan fingerprint density at radius 3 is 2.62 bits per heavy atom. The van der Waals surface area contributed by atoms with Crippen LogP contribution in [-0.4, -0.2) is 39.9 Å². The molecular formula is C24H37NO4S2Si. The van der Waals surface area contributed by atoms with Gasteiger partial charge in [0.1, 0.15) is 6.29 Å². The van der Waals surface area contributed by atoms with Crippen molar-refractivity contribution < 1.29 is 17.6 Å². The molecule has 4 atom stereocenters. The molecule has 8 heteroatoms. The second-order valence-electron chi connectivity index (χ2n) is 10.6. The van der Waals surface area contributed by atoms with Crippen molar-refractivity contribution in [3.05, 3.63) is 36.9 Å². The quantitative estimate of drug-likeness (QED) is 0.312. The van der Waals surface area contributed by atoms with Gasteiger partial charge in [-0.2, -0.15) is 0 Å². The predicted molar refractivity (Wildman–Crippen MR) is 135 cm³/mol. The Morgan fingerprint density at radius 2 is 2.00 bits per heavy atom. The molecule has 1 saturated heterocycles. The van der Waals surface area contributed by atoms with Gasteiger partial charge in [-0.15, -0.1) is 17.9 Å². The molecule has 1 aliphatic heterocycles. The number of para-hydroxylation sites is 1. The van der Waals surface area contributed by atoms with Gasteiger partial charge in [-0.25, -0.2) is 13.4 Å². The fraction of sp³-hybridized carbons (Fsp3) is 0.625. The summed E-state index contributed by atoms with van der Waals surface area (Å²) in [4.78, 5) is 4.37. The first-order chi connectivity index (χ1) is 14.8. The fourth-order valence-electron chi connectivity index (χ4n) is 3.89. The van der Waals surface area contributed by atoms with Gasteiger partial charge in [0.05, 0.1) is 22.1 Å². The summed E-state index contributed by atoms with van der Waals surface area (Å²) in [5, 5.41) is 0.0824. The van der Waals surface area contributed by atoms with E-state index >= 15 is 0 Å². The van der Waals surface area contributed by atoms with E-state index in [4.69, 9.17) is 9.16 Å². The summed E-state index contributed by atoms with van der Waals surface area (Å²) in [6.45, 7) is 17.0. The lowest BCUT2D eigenvalue weighted by Gasteiger charge is -2.44. The highest BCUT2D eigenvalue weighted by atomic mass is 32.2. The van der Waals surface area contributed by atoms with E-state index in [0.29, 0.717) is 5.92 Å². The average Bonchev–Trinajstić information content (AvgIpc) is 3.12. The van der Waals surface area contributed by atoms with Crippen LogP contribution in [0.5, 0.6) is 0 Å². The zero-order chi connectivity index (χ0) is 23.7. The molecule has 1 aromatic carbocycles. The van der Waals surface area contributed by atoms with Crippen molar-refractivity contribution in [2.75, 3.05) is 5.75 Å². The van der Waals surface area contributed by atoms with Gasteiger partial charge in [0.2, 0.25) is 14.2 Å². The molecule has 2 heterocycles. The molecule has 0 aliphatic carbocycles. The molecule has 5 nitrogen and oxygen atoms in total. The number of benzene rings is 1. The molecule has 3 rings (SSSR count). The van der Waals surface area contributed by atoms with Gasteiger partial charge in [0, 0.05) is 6.42 Å². The highest BCUT2D eigenvalue weighted by Crippen LogP contribution is 2.41. The second-order valence-corrected chi connectivity index (χ2v) is 18.5. The lowest BCUT2D eigenvalue weighted by atomic mass is 9.87. The summed E-state index contributed by atoms with van der Waals surface area (Å²) < 4.78 is 40.4. The molecule has 32 heavy (non-hydrogen) atoms. The molecule has 2 aromatic rings. The molecule has 0 amide bonds. The molecule has 1 aliphatic rings. The number of hydrogen-bond acceptors (Lipinski definition) is 6. The van der Waals surface area contributed by atoms with Crippen LogP contribution in [0.3, 0.4) is 0 Å². The monoisotopic (exact) mass is 495 g/mol. The van der Waals surface area contributed by atoms with Gasteiger partial charge in [0.25, 0.3) is 0 Å². The SMILES string of the molecule is C=CC[C@H]1C[C@@H](O[Si](C)(C)C(C)(C)C)O[C@@H]([C@H](C)CS(=O)(=O)c2nc3ccccc3s2)C1. The van der Waals surface area contributed by atoms with Crippen LogP contribution in [0.1, 0.15) is 47.0 Å². The zero-order valence-electron chi connectivity index (χ0n) is 20.1. The van der Waals surface area contributed by atoms with Crippen LogP contribution in [-0.2, 0) is 19.0 Å². The topological polar surface area (TPSA) is 65.5 Å². The number of ether oxygens (including phenoxy) is 1. The van der Waals surface area contributed by atoms with E-state index in [1.165, 1.54) is 11.3 Å². The number of nitrogens with zero attached hydrogens (tertiary/aromatic N) is 1. The first-order valence-electron chi connectivity index (χ1n) is 11.3. The number of rotatable bonds is 8. The Labute approximate surface area is 198 Å². The van der Waals surface area contributed by atoms with Gasteiger partial charge < -0.3 is 9.16 Å². The van der Waals surface area contributed by atoms with Crippen LogP contribution in [0.2, 0.25) is 18.1 Å². The number of fused-ring (bicyclic) bond motifs is 1. The van der Waals surface area contributed by atoms with Gasteiger partial charge in [-0.05, 0) is 54.9 Å². The van der Waals surface area contributed by atoms with E-state index in [1.807, 2.05) is 37.3 Å². The van der Waals surface area contributed by atoms with E-state index in [2.05, 4.69) is 45.4 Å². The van der Waals surface area contributed by atoms with Crippen LogP contribution in [0.4, 0.5) is 0 Å². The molecule has 0 N–H and O–H groups in total. The average molecular weight is 496 g/mol. The Bertz CT molecular complexity index is 1010. The van der Waals surface area contributed by atoms with E-state index in [-0.39, 0.29) is 33.4 Å². The Morgan fingerprint density at radius 1 is 1.31 bits per heavy atom. The Hall–Kier alpha value is -1.06. The minimum atomic E-state index is -3.50. The maximum absolute atomic E-state index is 13.2. The lowest BCUT2D eigenvalue weighted by molar-refractivity contribution is -0.179. The first kappa shape index (κ1) is 25.6.